The molecular weight excluding hydrogens is 260 g/mol. The molecule has 0 amide bonds. The first kappa shape index (κ1) is 12.8. The molecule has 1 aliphatic heterocycles. The van der Waals surface area contributed by atoms with Crippen LogP contribution in [0.15, 0.2) is 22.0 Å². The lowest BCUT2D eigenvalue weighted by Gasteiger charge is -2.30. The third kappa shape index (κ3) is 3.02. The fraction of sp³-hybridized carbons (Fsp3) is 0.538. The Hall–Kier alpha value is -1.24. The van der Waals surface area contributed by atoms with Gasteiger partial charge in [-0.1, -0.05) is 11.2 Å². The molecule has 1 fully saturated rings. The molecule has 3 rings (SSSR count). The maximum Gasteiger partial charge on any atom is 0.268 e. The highest BCUT2D eigenvalue weighted by Crippen LogP contribution is 2.22. The van der Waals surface area contributed by atoms with Gasteiger partial charge >= 0.3 is 0 Å². The molecule has 6 heteroatoms. The van der Waals surface area contributed by atoms with Crippen LogP contribution >= 0.6 is 11.3 Å². The summed E-state index contributed by atoms with van der Waals surface area (Å²) >= 11 is 1.62. The van der Waals surface area contributed by atoms with Crippen molar-refractivity contribution in [3.8, 4) is 10.8 Å². The number of nitrogens with one attached hydrogen (secondary N) is 1. The largest absolute Gasteiger partial charge is 0.333 e. The summed E-state index contributed by atoms with van der Waals surface area (Å²) < 4.78 is 5.30. The molecule has 102 valence electrons. The summed E-state index contributed by atoms with van der Waals surface area (Å²) in [6, 6.07) is 4.55. The number of rotatable bonds is 4. The molecule has 0 radical (unpaired) electrons. The zero-order valence-electron chi connectivity index (χ0n) is 11.0. The fourth-order valence-corrected chi connectivity index (χ4v) is 3.02. The number of nitrogens with zero attached hydrogens (tertiary/aromatic N) is 3. The molecule has 0 aromatic carbocycles. The topological polar surface area (TPSA) is 54.2 Å². The van der Waals surface area contributed by atoms with Crippen molar-refractivity contribution in [1.82, 2.24) is 20.4 Å². The Morgan fingerprint density at radius 2 is 2.53 bits per heavy atom. The lowest BCUT2D eigenvalue weighted by atomic mass is 10.1. The lowest BCUT2D eigenvalue weighted by molar-refractivity contribution is 0.190. The van der Waals surface area contributed by atoms with Gasteiger partial charge in [0.15, 0.2) is 5.82 Å². The molecule has 3 heterocycles. The fourth-order valence-electron chi connectivity index (χ4n) is 2.38. The van der Waals surface area contributed by atoms with Crippen LogP contribution < -0.4 is 5.32 Å². The maximum absolute atomic E-state index is 5.30. The summed E-state index contributed by atoms with van der Waals surface area (Å²) in [6.07, 6.45) is 2.47. The SMILES string of the molecule is CN(Cc1noc(-c2cccs2)n1)C1CCCNC1. The third-order valence-electron chi connectivity index (χ3n) is 3.49. The Morgan fingerprint density at radius 1 is 1.58 bits per heavy atom. The summed E-state index contributed by atoms with van der Waals surface area (Å²) in [4.78, 5) is 7.79. The first-order valence-electron chi connectivity index (χ1n) is 6.60. The molecule has 0 saturated carbocycles. The monoisotopic (exact) mass is 278 g/mol. The first-order valence-corrected chi connectivity index (χ1v) is 7.48. The minimum Gasteiger partial charge on any atom is -0.333 e. The van der Waals surface area contributed by atoms with Crippen molar-refractivity contribution in [2.24, 2.45) is 0 Å². The van der Waals surface area contributed by atoms with Gasteiger partial charge in [-0.2, -0.15) is 4.98 Å². The smallest absolute Gasteiger partial charge is 0.268 e. The average molecular weight is 278 g/mol. The Kier molecular flexibility index (Phi) is 3.91. The van der Waals surface area contributed by atoms with E-state index in [-0.39, 0.29) is 0 Å². The molecule has 5 nitrogen and oxygen atoms in total. The van der Waals surface area contributed by atoms with E-state index in [1.54, 1.807) is 11.3 Å². The van der Waals surface area contributed by atoms with Crippen molar-refractivity contribution < 1.29 is 4.52 Å². The number of aromatic nitrogens is 2. The molecule has 0 bridgehead atoms. The third-order valence-corrected chi connectivity index (χ3v) is 4.34. The second-order valence-corrected chi connectivity index (χ2v) is 5.86. The minimum atomic E-state index is 0.567. The highest BCUT2D eigenvalue weighted by Gasteiger charge is 2.19. The Bertz CT molecular complexity index is 504. The van der Waals surface area contributed by atoms with Crippen molar-refractivity contribution in [2.45, 2.75) is 25.4 Å². The van der Waals surface area contributed by atoms with E-state index in [2.05, 4.69) is 27.4 Å². The van der Waals surface area contributed by atoms with E-state index >= 15 is 0 Å². The summed E-state index contributed by atoms with van der Waals surface area (Å²) in [5, 5.41) is 9.50. The molecule has 0 spiro atoms. The van der Waals surface area contributed by atoms with E-state index in [0.717, 1.165) is 30.3 Å². The molecule has 0 aliphatic carbocycles. The molecular formula is C13H18N4OS. The Labute approximate surface area is 116 Å². The number of hydrogen-bond acceptors (Lipinski definition) is 6. The summed E-state index contributed by atoms with van der Waals surface area (Å²) in [6.45, 7) is 2.92. The van der Waals surface area contributed by atoms with Crippen LogP contribution in [0.5, 0.6) is 0 Å². The van der Waals surface area contributed by atoms with Crippen LogP contribution in [-0.4, -0.2) is 41.2 Å². The number of likely N-dealkylation sites (N-methyl/N-ethyl adjacent to an activating group) is 1. The van der Waals surface area contributed by atoms with Gasteiger partial charge in [0.1, 0.15) is 0 Å². The van der Waals surface area contributed by atoms with Gasteiger partial charge in [0.2, 0.25) is 0 Å². The second-order valence-electron chi connectivity index (χ2n) is 4.91. The zero-order valence-corrected chi connectivity index (χ0v) is 11.8. The van der Waals surface area contributed by atoms with Crippen LogP contribution in [0.2, 0.25) is 0 Å². The first-order chi connectivity index (χ1) is 9.33. The minimum absolute atomic E-state index is 0.567. The van der Waals surface area contributed by atoms with Crippen LogP contribution in [0.25, 0.3) is 10.8 Å². The van der Waals surface area contributed by atoms with Gasteiger partial charge in [-0.15, -0.1) is 11.3 Å². The predicted molar refractivity (Wildman–Crippen MR) is 75.0 cm³/mol. The van der Waals surface area contributed by atoms with Crippen molar-refractivity contribution in [1.29, 1.82) is 0 Å². The number of hydrogen-bond donors (Lipinski definition) is 1. The molecule has 1 unspecified atom stereocenters. The normalized spacial score (nSPS) is 20.0. The van der Waals surface area contributed by atoms with E-state index < -0.39 is 0 Å². The lowest BCUT2D eigenvalue weighted by Crippen LogP contribution is -2.43. The Balaban J connectivity index is 1.63. The number of piperidine rings is 1. The van der Waals surface area contributed by atoms with Gasteiger partial charge < -0.3 is 9.84 Å². The van der Waals surface area contributed by atoms with E-state index in [4.69, 9.17) is 4.52 Å². The molecule has 1 aliphatic rings. The Morgan fingerprint density at radius 3 is 3.26 bits per heavy atom. The van der Waals surface area contributed by atoms with E-state index in [9.17, 15) is 0 Å². The molecule has 2 aromatic rings. The summed E-state index contributed by atoms with van der Waals surface area (Å²) in [7, 11) is 2.12. The standard InChI is InChI=1S/C13H18N4OS/c1-17(10-4-2-6-14-8-10)9-12-15-13(18-16-12)11-5-3-7-19-11/h3,5,7,10,14H,2,4,6,8-9H2,1H3. The summed E-state index contributed by atoms with van der Waals surface area (Å²) in [5.41, 5.74) is 0. The molecule has 1 saturated heterocycles. The van der Waals surface area contributed by atoms with Crippen LogP contribution in [0, 0.1) is 0 Å². The van der Waals surface area contributed by atoms with Crippen LogP contribution in [0.4, 0.5) is 0 Å². The van der Waals surface area contributed by atoms with Gasteiger partial charge in [-0.05, 0) is 37.9 Å². The van der Waals surface area contributed by atoms with Gasteiger partial charge in [-0.25, -0.2) is 0 Å². The van der Waals surface area contributed by atoms with Crippen molar-refractivity contribution in [2.75, 3.05) is 20.1 Å². The van der Waals surface area contributed by atoms with Gasteiger partial charge in [0.25, 0.3) is 5.89 Å². The zero-order chi connectivity index (χ0) is 13.1. The van der Waals surface area contributed by atoms with Gasteiger partial charge in [0, 0.05) is 12.6 Å². The van der Waals surface area contributed by atoms with Crippen molar-refractivity contribution in [3.63, 3.8) is 0 Å². The van der Waals surface area contributed by atoms with Gasteiger partial charge in [0.05, 0.1) is 11.4 Å². The van der Waals surface area contributed by atoms with E-state index in [1.807, 2.05) is 17.5 Å². The predicted octanol–water partition coefficient (Wildman–Crippen LogP) is 1.98. The van der Waals surface area contributed by atoms with Crippen LogP contribution in [0.1, 0.15) is 18.7 Å². The van der Waals surface area contributed by atoms with E-state index in [0.29, 0.717) is 11.9 Å². The van der Waals surface area contributed by atoms with Crippen molar-refractivity contribution in [3.05, 3.63) is 23.3 Å². The van der Waals surface area contributed by atoms with E-state index in [1.165, 1.54) is 12.8 Å². The molecule has 2 aromatic heterocycles. The quantitative estimate of drug-likeness (QED) is 0.927. The number of thiophene rings is 1. The molecule has 1 atom stereocenters. The average Bonchev–Trinajstić information content (AvgIpc) is 3.10. The van der Waals surface area contributed by atoms with Gasteiger partial charge in [-0.3, -0.25) is 4.90 Å². The molecule has 19 heavy (non-hydrogen) atoms. The second kappa shape index (κ2) is 5.81. The van der Waals surface area contributed by atoms with Crippen molar-refractivity contribution >= 4 is 11.3 Å². The summed E-state index contributed by atoms with van der Waals surface area (Å²) in [5.74, 6) is 1.39. The highest BCUT2D eigenvalue weighted by molar-refractivity contribution is 7.13. The highest BCUT2D eigenvalue weighted by atomic mass is 32.1. The van der Waals surface area contributed by atoms with Crippen LogP contribution in [-0.2, 0) is 6.54 Å². The molecule has 1 N–H and O–H groups in total. The van der Waals surface area contributed by atoms with Crippen LogP contribution in [0.3, 0.4) is 0 Å². The maximum atomic E-state index is 5.30.